The van der Waals surface area contributed by atoms with Crippen LogP contribution in [0.3, 0.4) is 0 Å². The number of carbonyl (C=O) groups excluding carboxylic acids is 1. The third-order valence-electron chi connectivity index (χ3n) is 1.77. The minimum Gasteiger partial charge on any atom is -0.508 e. The molecule has 0 saturated heterocycles. The molecule has 0 fully saturated rings. The fraction of sp³-hybridized carbons (Fsp3) is 0.182. The summed E-state index contributed by atoms with van der Waals surface area (Å²) in [5, 5.41) is 11.9. The van der Waals surface area contributed by atoms with E-state index < -0.39 is 0 Å². The van der Waals surface area contributed by atoms with E-state index in [1.54, 1.807) is 13.0 Å². The molecule has 0 spiro atoms. The molecule has 0 saturated carbocycles. The average Bonchev–Trinajstić information content (AvgIpc) is 2.16. The van der Waals surface area contributed by atoms with Crippen LogP contribution in [0.1, 0.15) is 6.92 Å². The van der Waals surface area contributed by atoms with Crippen molar-refractivity contribution in [2.24, 2.45) is 0 Å². The lowest BCUT2D eigenvalue weighted by atomic mass is 10.2. The highest BCUT2D eigenvalue weighted by Gasteiger charge is 2.05. The van der Waals surface area contributed by atoms with Gasteiger partial charge in [0.05, 0.1) is 7.11 Å². The van der Waals surface area contributed by atoms with Crippen molar-refractivity contribution in [3.05, 3.63) is 30.4 Å². The van der Waals surface area contributed by atoms with Crippen LogP contribution in [-0.2, 0) is 4.79 Å². The predicted molar refractivity (Wildman–Crippen MR) is 58.1 cm³/mol. The number of hydrogen-bond donors (Lipinski definition) is 2. The zero-order valence-electron chi connectivity index (χ0n) is 8.70. The molecule has 0 aliphatic carbocycles. The highest BCUT2D eigenvalue weighted by atomic mass is 16.5. The first-order chi connectivity index (χ1) is 7.02. The lowest BCUT2D eigenvalue weighted by Gasteiger charge is -2.07. The summed E-state index contributed by atoms with van der Waals surface area (Å²) in [4.78, 5) is 11.3. The summed E-state index contributed by atoms with van der Waals surface area (Å²) in [6.07, 6.45) is 0. The fourth-order valence-corrected chi connectivity index (χ4v) is 1.01. The van der Waals surface area contributed by atoms with Gasteiger partial charge in [-0.15, -0.1) is 0 Å². The Hall–Kier alpha value is -1.97. The summed E-state index contributed by atoms with van der Waals surface area (Å²) in [6.45, 7) is 5.12. The van der Waals surface area contributed by atoms with E-state index in [9.17, 15) is 9.90 Å². The van der Waals surface area contributed by atoms with E-state index in [2.05, 4.69) is 11.9 Å². The second kappa shape index (κ2) is 4.50. The Labute approximate surface area is 88.2 Å². The van der Waals surface area contributed by atoms with E-state index in [0.29, 0.717) is 17.0 Å². The fourth-order valence-electron chi connectivity index (χ4n) is 1.01. The molecule has 0 atom stereocenters. The number of ether oxygens (including phenoxy) is 1. The van der Waals surface area contributed by atoms with Crippen molar-refractivity contribution in [3.63, 3.8) is 0 Å². The number of anilines is 1. The van der Waals surface area contributed by atoms with Gasteiger partial charge in [-0.2, -0.15) is 0 Å². The molecule has 0 aliphatic rings. The predicted octanol–water partition coefficient (Wildman–Crippen LogP) is 1.92. The van der Waals surface area contributed by atoms with Crippen molar-refractivity contribution in [1.29, 1.82) is 0 Å². The van der Waals surface area contributed by atoms with E-state index in [-0.39, 0.29) is 11.7 Å². The van der Waals surface area contributed by atoms with Gasteiger partial charge >= 0.3 is 0 Å². The van der Waals surface area contributed by atoms with Crippen LogP contribution in [0, 0.1) is 0 Å². The van der Waals surface area contributed by atoms with Crippen molar-refractivity contribution in [1.82, 2.24) is 0 Å². The zero-order chi connectivity index (χ0) is 11.4. The maximum atomic E-state index is 11.3. The first-order valence-corrected chi connectivity index (χ1v) is 4.38. The molecule has 4 nitrogen and oxygen atoms in total. The number of hydrogen-bond acceptors (Lipinski definition) is 3. The lowest BCUT2D eigenvalue weighted by molar-refractivity contribution is -0.112. The van der Waals surface area contributed by atoms with E-state index in [1.807, 2.05) is 0 Å². The summed E-state index contributed by atoms with van der Waals surface area (Å²) >= 11 is 0. The average molecular weight is 207 g/mol. The topological polar surface area (TPSA) is 58.6 Å². The number of phenolic OH excluding ortho intramolecular Hbond substituents is 1. The first kappa shape index (κ1) is 11.1. The van der Waals surface area contributed by atoms with Gasteiger partial charge in [-0.1, -0.05) is 6.58 Å². The quantitative estimate of drug-likeness (QED) is 0.744. The molecule has 0 bridgehead atoms. The number of benzene rings is 1. The minimum absolute atomic E-state index is 0.0337. The van der Waals surface area contributed by atoms with Crippen LogP contribution >= 0.6 is 0 Å². The normalized spacial score (nSPS) is 9.47. The van der Waals surface area contributed by atoms with E-state index in [0.717, 1.165) is 0 Å². The molecule has 2 N–H and O–H groups in total. The van der Waals surface area contributed by atoms with Crippen molar-refractivity contribution in [2.45, 2.75) is 6.92 Å². The number of aromatic hydroxyl groups is 1. The van der Waals surface area contributed by atoms with Gasteiger partial charge in [0, 0.05) is 29.5 Å². The maximum absolute atomic E-state index is 11.3. The van der Waals surface area contributed by atoms with Crippen LogP contribution in [0.25, 0.3) is 0 Å². The van der Waals surface area contributed by atoms with E-state index in [4.69, 9.17) is 4.74 Å². The second-order valence-corrected chi connectivity index (χ2v) is 3.15. The van der Waals surface area contributed by atoms with Crippen LogP contribution in [0.2, 0.25) is 0 Å². The molecule has 1 aromatic carbocycles. The van der Waals surface area contributed by atoms with Gasteiger partial charge in [-0.25, -0.2) is 0 Å². The number of carbonyl (C=O) groups is 1. The van der Waals surface area contributed by atoms with Gasteiger partial charge in [0.1, 0.15) is 11.5 Å². The van der Waals surface area contributed by atoms with Crippen molar-refractivity contribution < 1.29 is 14.6 Å². The maximum Gasteiger partial charge on any atom is 0.250 e. The molecular formula is C11H13NO3. The Morgan fingerprint density at radius 3 is 2.67 bits per heavy atom. The van der Waals surface area contributed by atoms with Gasteiger partial charge in [-0.3, -0.25) is 4.79 Å². The Kier molecular flexibility index (Phi) is 3.33. The van der Waals surface area contributed by atoms with Crippen molar-refractivity contribution in [2.75, 3.05) is 12.4 Å². The van der Waals surface area contributed by atoms with Crippen LogP contribution in [-0.4, -0.2) is 18.1 Å². The molecule has 0 aromatic heterocycles. The Bertz CT molecular complexity index is 399. The molecular weight excluding hydrogens is 194 g/mol. The summed E-state index contributed by atoms with van der Waals surface area (Å²) in [7, 11) is 1.49. The first-order valence-electron chi connectivity index (χ1n) is 4.38. The number of rotatable bonds is 3. The Morgan fingerprint density at radius 2 is 2.13 bits per heavy atom. The molecule has 0 aliphatic heterocycles. The summed E-state index contributed by atoms with van der Waals surface area (Å²) in [5.74, 6) is 0.223. The molecule has 1 amide bonds. The molecule has 15 heavy (non-hydrogen) atoms. The SMILES string of the molecule is C=C(C)C(=O)Nc1cc(O)cc(OC)c1. The van der Waals surface area contributed by atoms with Crippen LogP contribution in [0.15, 0.2) is 30.4 Å². The Balaban J connectivity index is 2.90. The monoisotopic (exact) mass is 207 g/mol. The lowest BCUT2D eigenvalue weighted by Crippen LogP contribution is -2.11. The van der Waals surface area contributed by atoms with E-state index in [1.165, 1.54) is 19.2 Å². The molecule has 0 heterocycles. The second-order valence-electron chi connectivity index (χ2n) is 3.15. The number of nitrogens with one attached hydrogen (secondary N) is 1. The summed E-state index contributed by atoms with van der Waals surface area (Å²) in [5.41, 5.74) is 0.872. The molecule has 0 unspecified atom stereocenters. The van der Waals surface area contributed by atoms with Gasteiger partial charge in [0.15, 0.2) is 0 Å². The summed E-state index contributed by atoms with van der Waals surface area (Å²) < 4.78 is 4.94. The van der Waals surface area contributed by atoms with Gasteiger partial charge in [0.2, 0.25) is 0 Å². The molecule has 1 rings (SSSR count). The van der Waals surface area contributed by atoms with Crippen LogP contribution < -0.4 is 10.1 Å². The zero-order valence-corrected chi connectivity index (χ0v) is 8.70. The van der Waals surface area contributed by atoms with Crippen LogP contribution in [0.4, 0.5) is 5.69 Å². The smallest absolute Gasteiger partial charge is 0.250 e. The third kappa shape index (κ3) is 3.02. The highest BCUT2D eigenvalue weighted by molar-refractivity contribution is 6.02. The van der Waals surface area contributed by atoms with Crippen molar-refractivity contribution in [3.8, 4) is 11.5 Å². The minimum atomic E-state index is -0.289. The van der Waals surface area contributed by atoms with Crippen molar-refractivity contribution >= 4 is 11.6 Å². The largest absolute Gasteiger partial charge is 0.508 e. The van der Waals surface area contributed by atoms with Gasteiger partial charge in [-0.05, 0) is 6.92 Å². The molecule has 1 aromatic rings. The third-order valence-corrected chi connectivity index (χ3v) is 1.77. The van der Waals surface area contributed by atoms with Gasteiger partial charge < -0.3 is 15.2 Å². The van der Waals surface area contributed by atoms with Gasteiger partial charge in [0.25, 0.3) is 5.91 Å². The molecule has 0 radical (unpaired) electrons. The molecule has 4 heteroatoms. The molecule has 80 valence electrons. The van der Waals surface area contributed by atoms with E-state index >= 15 is 0 Å². The summed E-state index contributed by atoms with van der Waals surface area (Å²) in [6, 6.07) is 4.50. The number of amides is 1. The number of phenols is 1. The highest BCUT2D eigenvalue weighted by Crippen LogP contribution is 2.24. The number of methoxy groups -OCH3 is 1. The standard InChI is InChI=1S/C11H13NO3/c1-7(2)11(14)12-8-4-9(13)6-10(5-8)15-3/h4-6,13H,1H2,2-3H3,(H,12,14). The Morgan fingerprint density at radius 1 is 1.47 bits per heavy atom. The van der Waals surface area contributed by atoms with Crippen LogP contribution in [0.5, 0.6) is 11.5 Å².